The summed E-state index contributed by atoms with van der Waals surface area (Å²) < 4.78 is 27.8. The molecule has 0 saturated carbocycles. The van der Waals surface area contributed by atoms with Crippen LogP contribution >= 0.6 is 0 Å². The number of carbonyl (C=O) groups is 3. The van der Waals surface area contributed by atoms with Crippen molar-refractivity contribution >= 4 is 23.4 Å². The number of carbonyl (C=O) groups excluding carboxylic acids is 3. The summed E-state index contributed by atoms with van der Waals surface area (Å²) >= 11 is 0. The lowest BCUT2D eigenvalue weighted by atomic mass is 9.99. The summed E-state index contributed by atoms with van der Waals surface area (Å²) in [6.45, 7) is 4.40. The van der Waals surface area contributed by atoms with E-state index in [4.69, 9.17) is 0 Å². The largest absolute Gasteiger partial charge is 0.390 e. The van der Waals surface area contributed by atoms with Gasteiger partial charge in [-0.1, -0.05) is 37.3 Å². The Morgan fingerprint density at radius 2 is 1.62 bits per heavy atom. The second-order valence-corrected chi connectivity index (χ2v) is 10.1. The molecule has 0 unspecified atom stereocenters. The number of halogens is 2. The first-order valence-corrected chi connectivity index (χ1v) is 13.3. The van der Waals surface area contributed by atoms with Gasteiger partial charge in [0.05, 0.1) is 17.8 Å². The molecule has 1 fully saturated rings. The minimum Gasteiger partial charge on any atom is -0.390 e. The first kappa shape index (κ1) is 29.0. The van der Waals surface area contributed by atoms with Crippen LogP contribution in [0.5, 0.6) is 0 Å². The quantitative estimate of drug-likeness (QED) is 0.315. The zero-order valence-corrected chi connectivity index (χ0v) is 22.5. The summed E-state index contributed by atoms with van der Waals surface area (Å²) in [6, 6.07) is 14.9. The van der Waals surface area contributed by atoms with Gasteiger partial charge in [-0.2, -0.15) is 0 Å². The summed E-state index contributed by atoms with van der Waals surface area (Å²) in [7, 11) is 0. The molecule has 4 rings (SSSR count). The first-order valence-electron chi connectivity index (χ1n) is 13.3. The van der Waals surface area contributed by atoms with Crippen molar-refractivity contribution in [2.75, 3.05) is 11.4 Å². The molecule has 0 aliphatic carbocycles. The molecule has 7 nitrogen and oxygen atoms in total. The topological polar surface area (TPSA) is 98.7 Å². The molecule has 0 bridgehead atoms. The third-order valence-corrected chi connectivity index (χ3v) is 7.00. The van der Waals surface area contributed by atoms with Crippen LogP contribution in [0.1, 0.15) is 52.4 Å². The average Bonchev–Trinajstić information content (AvgIpc) is 3.25. The van der Waals surface area contributed by atoms with Gasteiger partial charge in [0.2, 0.25) is 11.8 Å². The molecule has 0 radical (unpaired) electrons. The standard InChI is InChI=1S/C31H33F2N3O4/c1-3-20-5-4-6-21(11-20)17-34-18-28(37)26(14-22-12-24(32)16-25(33)13-22)35-31(40)23-8-7-19(2)27(15-23)36-29(38)9-10-30(36)39/h4-8,11-13,15-16,26,28,34,37H,3,9-10,14,17-18H2,1-2H3,(H,35,40)/t26-,28-/m0/s1. The average molecular weight is 550 g/mol. The summed E-state index contributed by atoms with van der Waals surface area (Å²) in [5.41, 5.74) is 3.67. The minimum absolute atomic E-state index is 0.0313. The van der Waals surface area contributed by atoms with Gasteiger partial charge >= 0.3 is 0 Å². The summed E-state index contributed by atoms with van der Waals surface area (Å²) in [6.07, 6.45) is -0.00565. The van der Waals surface area contributed by atoms with E-state index >= 15 is 0 Å². The molecule has 9 heteroatoms. The molecule has 2 atom stereocenters. The number of benzene rings is 3. The number of nitrogens with one attached hydrogen (secondary N) is 2. The predicted octanol–water partition coefficient (Wildman–Crippen LogP) is 3.98. The maximum absolute atomic E-state index is 13.9. The third-order valence-electron chi connectivity index (χ3n) is 7.00. The van der Waals surface area contributed by atoms with Gasteiger partial charge in [0.15, 0.2) is 0 Å². The molecule has 3 aromatic carbocycles. The van der Waals surface area contributed by atoms with Crippen molar-refractivity contribution < 1.29 is 28.3 Å². The lowest BCUT2D eigenvalue weighted by molar-refractivity contribution is -0.121. The molecule has 0 spiro atoms. The number of nitrogens with zero attached hydrogens (tertiary/aromatic N) is 1. The van der Waals surface area contributed by atoms with Crippen LogP contribution in [-0.2, 0) is 29.0 Å². The second kappa shape index (κ2) is 12.9. The highest BCUT2D eigenvalue weighted by Crippen LogP contribution is 2.27. The fourth-order valence-electron chi connectivity index (χ4n) is 4.82. The second-order valence-electron chi connectivity index (χ2n) is 10.1. The normalized spacial score (nSPS) is 14.9. The number of imide groups is 1. The van der Waals surface area contributed by atoms with E-state index in [0.29, 0.717) is 17.8 Å². The molecule has 0 aromatic heterocycles. The Hall–Kier alpha value is -3.95. The molecule has 3 amide bonds. The maximum atomic E-state index is 13.9. The molecule has 3 aromatic rings. The van der Waals surface area contributed by atoms with Crippen LogP contribution in [-0.4, -0.2) is 41.5 Å². The Kier molecular flexibility index (Phi) is 9.39. The highest BCUT2D eigenvalue weighted by molar-refractivity contribution is 6.20. The van der Waals surface area contributed by atoms with E-state index in [0.717, 1.165) is 35.1 Å². The third kappa shape index (κ3) is 7.16. The van der Waals surface area contributed by atoms with E-state index in [9.17, 15) is 28.3 Å². The molecule has 3 N–H and O–H groups in total. The van der Waals surface area contributed by atoms with Crippen LogP contribution in [0.3, 0.4) is 0 Å². The number of rotatable bonds is 11. The molecular weight excluding hydrogens is 516 g/mol. The van der Waals surface area contributed by atoms with Crippen molar-refractivity contribution in [2.24, 2.45) is 0 Å². The number of hydrogen-bond donors (Lipinski definition) is 3. The zero-order chi connectivity index (χ0) is 28.8. The molecule has 210 valence electrons. The van der Waals surface area contributed by atoms with Gasteiger partial charge < -0.3 is 15.7 Å². The molecule has 1 aliphatic heterocycles. The Balaban J connectivity index is 1.52. The fraction of sp³-hybridized carbons (Fsp3) is 0.323. The minimum atomic E-state index is -1.10. The highest BCUT2D eigenvalue weighted by Gasteiger charge is 2.32. The maximum Gasteiger partial charge on any atom is 0.251 e. The van der Waals surface area contributed by atoms with Gasteiger partial charge in [0, 0.05) is 37.6 Å². The summed E-state index contributed by atoms with van der Waals surface area (Å²) in [5, 5.41) is 17.0. The van der Waals surface area contributed by atoms with Crippen molar-refractivity contribution in [3.8, 4) is 0 Å². The van der Waals surface area contributed by atoms with Crippen LogP contribution in [0.25, 0.3) is 0 Å². The van der Waals surface area contributed by atoms with E-state index < -0.39 is 29.7 Å². The van der Waals surface area contributed by atoms with E-state index in [-0.39, 0.29) is 48.7 Å². The van der Waals surface area contributed by atoms with Crippen LogP contribution in [0.15, 0.2) is 60.7 Å². The Labute approximate surface area is 232 Å². The highest BCUT2D eigenvalue weighted by atomic mass is 19.1. The molecule has 1 saturated heterocycles. The Morgan fingerprint density at radius 1 is 0.950 bits per heavy atom. The van der Waals surface area contributed by atoms with Gasteiger partial charge in [0.1, 0.15) is 11.6 Å². The molecular formula is C31H33F2N3O4. The predicted molar refractivity (Wildman–Crippen MR) is 148 cm³/mol. The van der Waals surface area contributed by atoms with E-state index in [2.05, 4.69) is 23.6 Å². The Morgan fingerprint density at radius 3 is 2.30 bits per heavy atom. The molecule has 1 heterocycles. The number of hydrogen-bond acceptors (Lipinski definition) is 5. The lowest BCUT2D eigenvalue weighted by Crippen LogP contribution is -2.48. The number of aliphatic hydroxyl groups is 1. The SMILES string of the molecule is CCc1cccc(CNC[C@H](O)[C@H](Cc2cc(F)cc(F)c2)NC(=O)c2ccc(C)c(N3C(=O)CCC3=O)c2)c1. The van der Waals surface area contributed by atoms with E-state index in [1.54, 1.807) is 19.1 Å². The van der Waals surface area contributed by atoms with Gasteiger partial charge in [-0.3, -0.25) is 19.3 Å². The fourth-order valence-corrected chi connectivity index (χ4v) is 4.82. The monoisotopic (exact) mass is 549 g/mol. The van der Waals surface area contributed by atoms with Crippen LogP contribution in [0.4, 0.5) is 14.5 Å². The summed E-state index contributed by atoms with van der Waals surface area (Å²) in [5.74, 6) is -2.74. The van der Waals surface area contributed by atoms with Crippen LogP contribution < -0.4 is 15.5 Å². The number of aliphatic hydroxyl groups excluding tert-OH is 1. The number of amides is 3. The van der Waals surface area contributed by atoms with E-state index in [1.165, 1.54) is 11.6 Å². The van der Waals surface area contributed by atoms with Crippen LogP contribution in [0, 0.1) is 18.6 Å². The van der Waals surface area contributed by atoms with Crippen molar-refractivity contribution in [2.45, 2.75) is 58.2 Å². The molecule has 1 aliphatic rings. The van der Waals surface area contributed by atoms with Crippen molar-refractivity contribution in [1.82, 2.24) is 10.6 Å². The van der Waals surface area contributed by atoms with Gasteiger partial charge in [0.25, 0.3) is 5.91 Å². The number of anilines is 1. The van der Waals surface area contributed by atoms with Crippen LogP contribution in [0.2, 0.25) is 0 Å². The number of aryl methyl sites for hydroxylation is 2. The molecule has 40 heavy (non-hydrogen) atoms. The van der Waals surface area contributed by atoms with Gasteiger partial charge in [-0.05, 0) is 66.3 Å². The van der Waals surface area contributed by atoms with Gasteiger partial charge in [-0.15, -0.1) is 0 Å². The Bertz CT molecular complexity index is 1370. The lowest BCUT2D eigenvalue weighted by Gasteiger charge is -2.25. The van der Waals surface area contributed by atoms with Gasteiger partial charge in [-0.25, -0.2) is 8.78 Å². The first-order chi connectivity index (χ1) is 19.1. The zero-order valence-electron chi connectivity index (χ0n) is 22.5. The van der Waals surface area contributed by atoms with Crippen molar-refractivity contribution in [3.63, 3.8) is 0 Å². The smallest absolute Gasteiger partial charge is 0.251 e. The van der Waals surface area contributed by atoms with E-state index in [1.807, 2.05) is 18.2 Å². The summed E-state index contributed by atoms with van der Waals surface area (Å²) in [4.78, 5) is 39.0. The van der Waals surface area contributed by atoms with Crippen molar-refractivity contribution in [1.29, 1.82) is 0 Å². The van der Waals surface area contributed by atoms with Crippen molar-refractivity contribution in [3.05, 3.63) is 100 Å².